The maximum Gasteiger partial charge on any atom is 0.338 e. The number of amides is 1. The molecule has 0 aliphatic rings. The second kappa shape index (κ2) is 8.58. The van der Waals surface area contributed by atoms with Gasteiger partial charge in [-0.15, -0.1) is 0 Å². The number of methoxy groups -OCH3 is 2. The molecule has 0 aliphatic carbocycles. The summed E-state index contributed by atoms with van der Waals surface area (Å²) in [7, 11) is 2.96. The molecular weight excluding hydrogens is 358 g/mol. The summed E-state index contributed by atoms with van der Waals surface area (Å²) in [6.45, 7) is 3.32. The topological polar surface area (TPSA) is 73.9 Å². The smallest absolute Gasteiger partial charge is 0.338 e. The average molecular weight is 378 g/mol. The van der Waals surface area contributed by atoms with Crippen LogP contribution in [-0.4, -0.2) is 32.7 Å². The molecule has 6 nitrogen and oxygen atoms in total. The van der Waals surface area contributed by atoms with Gasteiger partial charge in [-0.05, 0) is 49.2 Å². The van der Waals surface area contributed by atoms with Crippen molar-refractivity contribution < 1.29 is 23.8 Å². The SMILES string of the molecule is COc1ccc(C(=O)OCC(=O)Nc2c(C)cc(C)cc2Cl)cc1OC. The number of aryl methyl sites for hydroxylation is 2. The van der Waals surface area contributed by atoms with Gasteiger partial charge >= 0.3 is 5.97 Å². The fourth-order valence-electron chi connectivity index (χ4n) is 2.43. The largest absolute Gasteiger partial charge is 0.493 e. The van der Waals surface area contributed by atoms with E-state index in [0.717, 1.165) is 11.1 Å². The standard InChI is InChI=1S/C19H20ClNO5/c1-11-7-12(2)18(14(20)8-11)21-17(22)10-26-19(23)13-5-6-15(24-3)16(9-13)25-4/h5-9H,10H2,1-4H3,(H,21,22). The molecule has 2 rings (SSSR count). The molecule has 0 atom stereocenters. The van der Waals surface area contributed by atoms with Gasteiger partial charge in [-0.2, -0.15) is 0 Å². The fourth-order valence-corrected chi connectivity index (χ4v) is 2.80. The molecule has 1 N–H and O–H groups in total. The predicted molar refractivity (Wildman–Crippen MR) is 99.4 cm³/mol. The Hall–Kier alpha value is -2.73. The second-order valence-corrected chi connectivity index (χ2v) is 6.04. The summed E-state index contributed by atoms with van der Waals surface area (Å²) < 4.78 is 15.3. The normalized spacial score (nSPS) is 10.2. The van der Waals surface area contributed by atoms with E-state index in [1.54, 1.807) is 12.1 Å². The Morgan fingerprint density at radius 3 is 2.35 bits per heavy atom. The third-order valence-electron chi connectivity index (χ3n) is 3.65. The minimum atomic E-state index is -0.646. The highest BCUT2D eigenvalue weighted by Crippen LogP contribution is 2.28. The van der Waals surface area contributed by atoms with E-state index < -0.39 is 18.5 Å². The summed E-state index contributed by atoms with van der Waals surface area (Å²) in [6.07, 6.45) is 0. The van der Waals surface area contributed by atoms with Gasteiger partial charge < -0.3 is 19.5 Å². The maximum absolute atomic E-state index is 12.1. The summed E-state index contributed by atoms with van der Waals surface area (Å²) in [5.74, 6) is -0.236. The van der Waals surface area contributed by atoms with Crippen molar-refractivity contribution in [2.45, 2.75) is 13.8 Å². The summed E-state index contributed by atoms with van der Waals surface area (Å²) in [5, 5.41) is 3.09. The number of ether oxygens (including phenoxy) is 3. The predicted octanol–water partition coefficient (Wildman–Crippen LogP) is 3.77. The first kappa shape index (κ1) is 19.6. The molecule has 0 radical (unpaired) electrons. The van der Waals surface area contributed by atoms with Crippen molar-refractivity contribution in [3.63, 3.8) is 0 Å². The molecule has 0 aliphatic heterocycles. The van der Waals surface area contributed by atoms with E-state index >= 15 is 0 Å². The van der Waals surface area contributed by atoms with E-state index in [0.29, 0.717) is 22.2 Å². The minimum absolute atomic E-state index is 0.250. The quantitative estimate of drug-likeness (QED) is 0.776. The Labute approximate surface area is 157 Å². The van der Waals surface area contributed by atoms with Crippen LogP contribution in [-0.2, 0) is 9.53 Å². The number of hydrogen-bond acceptors (Lipinski definition) is 5. The van der Waals surface area contributed by atoms with Gasteiger partial charge in [0.05, 0.1) is 30.5 Å². The number of halogens is 1. The lowest BCUT2D eigenvalue weighted by Gasteiger charge is -2.12. The van der Waals surface area contributed by atoms with Crippen molar-refractivity contribution in [1.82, 2.24) is 0 Å². The average Bonchev–Trinajstić information content (AvgIpc) is 2.61. The lowest BCUT2D eigenvalue weighted by molar-refractivity contribution is -0.119. The first-order valence-corrected chi connectivity index (χ1v) is 8.19. The molecule has 0 spiro atoms. The van der Waals surface area contributed by atoms with Crippen LogP contribution in [0.5, 0.6) is 11.5 Å². The van der Waals surface area contributed by atoms with Gasteiger partial charge in [0.25, 0.3) is 5.91 Å². The van der Waals surface area contributed by atoms with Crippen LogP contribution in [0.4, 0.5) is 5.69 Å². The van der Waals surface area contributed by atoms with Crippen molar-refractivity contribution >= 4 is 29.2 Å². The Kier molecular flexibility index (Phi) is 6.46. The van der Waals surface area contributed by atoms with Gasteiger partial charge in [-0.25, -0.2) is 4.79 Å². The third-order valence-corrected chi connectivity index (χ3v) is 3.95. The summed E-state index contributed by atoms with van der Waals surface area (Å²) in [4.78, 5) is 24.2. The van der Waals surface area contributed by atoms with Crippen LogP contribution in [0, 0.1) is 13.8 Å². The van der Waals surface area contributed by atoms with E-state index in [2.05, 4.69) is 5.32 Å². The van der Waals surface area contributed by atoms with Gasteiger partial charge in [0, 0.05) is 0 Å². The number of carbonyl (C=O) groups excluding carboxylic acids is 2. The number of hydrogen-bond donors (Lipinski definition) is 1. The summed E-state index contributed by atoms with van der Waals surface area (Å²) in [6, 6.07) is 8.25. The van der Waals surface area contributed by atoms with Crippen molar-refractivity contribution in [1.29, 1.82) is 0 Å². The lowest BCUT2D eigenvalue weighted by Crippen LogP contribution is -2.21. The monoisotopic (exact) mass is 377 g/mol. The summed E-state index contributed by atoms with van der Waals surface area (Å²) in [5.41, 5.74) is 2.57. The Balaban J connectivity index is 2.00. The fraction of sp³-hybridized carbons (Fsp3) is 0.263. The van der Waals surface area contributed by atoms with E-state index in [-0.39, 0.29) is 5.56 Å². The molecule has 138 valence electrons. The van der Waals surface area contributed by atoms with Crippen molar-refractivity contribution in [3.05, 3.63) is 52.0 Å². The lowest BCUT2D eigenvalue weighted by atomic mass is 10.1. The first-order chi connectivity index (χ1) is 12.3. The summed E-state index contributed by atoms with van der Waals surface area (Å²) >= 11 is 6.15. The highest BCUT2D eigenvalue weighted by atomic mass is 35.5. The zero-order valence-corrected chi connectivity index (χ0v) is 15.8. The van der Waals surface area contributed by atoms with Crippen LogP contribution in [0.25, 0.3) is 0 Å². The molecule has 7 heteroatoms. The Morgan fingerprint density at radius 1 is 1.04 bits per heavy atom. The van der Waals surface area contributed by atoms with Gasteiger partial charge in [0.15, 0.2) is 18.1 Å². The maximum atomic E-state index is 12.1. The van der Waals surface area contributed by atoms with E-state index in [9.17, 15) is 9.59 Å². The molecule has 0 unspecified atom stereocenters. The van der Waals surface area contributed by atoms with Crippen molar-refractivity contribution in [2.24, 2.45) is 0 Å². The number of benzene rings is 2. The zero-order valence-electron chi connectivity index (χ0n) is 15.0. The van der Waals surface area contributed by atoms with Crippen LogP contribution in [0.15, 0.2) is 30.3 Å². The zero-order chi connectivity index (χ0) is 19.3. The molecule has 0 heterocycles. The van der Waals surface area contributed by atoms with Gasteiger partial charge in [0.1, 0.15) is 0 Å². The van der Waals surface area contributed by atoms with E-state index in [1.807, 2.05) is 19.9 Å². The van der Waals surface area contributed by atoms with Crippen molar-refractivity contribution in [2.75, 3.05) is 26.1 Å². The van der Waals surface area contributed by atoms with Gasteiger partial charge in [-0.3, -0.25) is 4.79 Å². The van der Waals surface area contributed by atoms with Crippen LogP contribution >= 0.6 is 11.6 Å². The Morgan fingerprint density at radius 2 is 1.73 bits per heavy atom. The van der Waals surface area contributed by atoms with Gasteiger partial charge in [0.2, 0.25) is 0 Å². The molecular formula is C19H20ClNO5. The van der Waals surface area contributed by atoms with Crippen LogP contribution in [0.2, 0.25) is 5.02 Å². The first-order valence-electron chi connectivity index (χ1n) is 7.81. The number of carbonyl (C=O) groups is 2. The number of nitrogens with one attached hydrogen (secondary N) is 1. The van der Waals surface area contributed by atoms with E-state index in [4.69, 9.17) is 25.8 Å². The second-order valence-electron chi connectivity index (χ2n) is 5.63. The molecule has 0 fully saturated rings. The van der Waals surface area contributed by atoms with E-state index in [1.165, 1.54) is 26.4 Å². The number of rotatable bonds is 6. The molecule has 2 aromatic rings. The third kappa shape index (κ3) is 4.67. The molecule has 0 saturated heterocycles. The highest BCUT2D eigenvalue weighted by Gasteiger charge is 2.15. The highest BCUT2D eigenvalue weighted by molar-refractivity contribution is 6.34. The van der Waals surface area contributed by atoms with Crippen LogP contribution in [0.1, 0.15) is 21.5 Å². The van der Waals surface area contributed by atoms with Crippen molar-refractivity contribution in [3.8, 4) is 11.5 Å². The minimum Gasteiger partial charge on any atom is -0.493 e. The molecule has 2 aromatic carbocycles. The molecule has 0 bridgehead atoms. The Bertz CT molecular complexity index is 812. The molecule has 26 heavy (non-hydrogen) atoms. The van der Waals surface area contributed by atoms with Crippen LogP contribution < -0.4 is 14.8 Å². The van der Waals surface area contributed by atoms with Gasteiger partial charge in [-0.1, -0.05) is 17.7 Å². The number of anilines is 1. The van der Waals surface area contributed by atoms with Crippen LogP contribution in [0.3, 0.4) is 0 Å². The molecule has 0 aromatic heterocycles. The molecule has 0 saturated carbocycles. The number of esters is 1. The molecule has 1 amide bonds.